The number of benzene rings is 1. The van der Waals surface area contributed by atoms with Crippen LogP contribution in [0.15, 0.2) is 36.7 Å². The first-order valence-corrected chi connectivity index (χ1v) is 10.1. The molecule has 0 amide bonds. The summed E-state index contributed by atoms with van der Waals surface area (Å²) in [7, 11) is 0. The summed E-state index contributed by atoms with van der Waals surface area (Å²) in [6.45, 7) is 4.09. The maximum absolute atomic E-state index is 10.1. The summed E-state index contributed by atoms with van der Waals surface area (Å²) >= 11 is 0. The van der Waals surface area contributed by atoms with Crippen LogP contribution in [0.3, 0.4) is 0 Å². The van der Waals surface area contributed by atoms with Gasteiger partial charge in [0.1, 0.15) is 36.3 Å². The van der Waals surface area contributed by atoms with Crippen molar-refractivity contribution in [3.63, 3.8) is 0 Å². The second kappa shape index (κ2) is 7.00. The monoisotopic (exact) mass is 394 g/mol. The number of H-pyrrole nitrogens is 1. The van der Waals surface area contributed by atoms with Gasteiger partial charge in [0.05, 0.1) is 23.6 Å². The van der Waals surface area contributed by atoms with Gasteiger partial charge in [-0.2, -0.15) is 0 Å². The van der Waals surface area contributed by atoms with Gasteiger partial charge in [0.15, 0.2) is 0 Å². The number of fused-ring (bicyclic) bond motifs is 2. The highest BCUT2D eigenvalue weighted by Crippen LogP contribution is 2.42. The van der Waals surface area contributed by atoms with E-state index in [1.54, 1.807) is 20.2 Å². The number of para-hydroxylation sites is 1. The summed E-state index contributed by atoms with van der Waals surface area (Å²) < 4.78 is 12.0. The third kappa shape index (κ3) is 3.80. The van der Waals surface area contributed by atoms with Crippen LogP contribution >= 0.6 is 0 Å². The molecule has 0 radical (unpaired) electrons. The van der Waals surface area contributed by atoms with Gasteiger partial charge in [-0.25, -0.2) is 9.97 Å². The number of ether oxygens (including phenoxy) is 2. The van der Waals surface area contributed by atoms with Crippen molar-refractivity contribution in [3.05, 3.63) is 47.9 Å². The number of anilines is 1. The van der Waals surface area contributed by atoms with Gasteiger partial charge in [0.2, 0.25) is 0 Å². The van der Waals surface area contributed by atoms with Crippen LogP contribution in [0.2, 0.25) is 0 Å². The van der Waals surface area contributed by atoms with Crippen molar-refractivity contribution in [2.75, 3.05) is 18.5 Å². The number of hydrogen-bond acceptors (Lipinski definition) is 6. The summed E-state index contributed by atoms with van der Waals surface area (Å²) in [4.78, 5) is 12.4. The Morgan fingerprint density at radius 3 is 2.90 bits per heavy atom. The molecule has 2 aliphatic rings. The van der Waals surface area contributed by atoms with Crippen molar-refractivity contribution < 1.29 is 14.6 Å². The normalized spacial score (nSPS) is 21.6. The first-order valence-electron chi connectivity index (χ1n) is 10.1. The molecule has 5 rings (SSSR count). The molecule has 1 aromatic carbocycles. The lowest BCUT2D eigenvalue weighted by Gasteiger charge is -2.35. The minimum atomic E-state index is -0.913. The minimum Gasteiger partial charge on any atom is -0.490 e. The zero-order valence-electron chi connectivity index (χ0n) is 16.7. The summed E-state index contributed by atoms with van der Waals surface area (Å²) in [5, 5.41) is 14.7. The number of hydrogen-bond donors (Lipinski definition) is 3. The molecule has 1 saturated carbocycles. The first kappa shape index (κ1) is 18.4. The Bertz CT molecular complexity index is 1020. The van der Waals surface area contributed by atoms with Crippen molar-refractivity contribution in [2.45, 2.75) is 50.4 Å². The SMILES string of the molecule is CC(C)(O)COC1COc2ccccc2C1Nc1ncnc2[nH]c(C3CC3)cc12. The van der Waals surface area contributed by atoms with Crippen molar-refractivity contribution in [1.82, 2.24) is 15.0 Å². The molecule has 7 nitrogen and oxygen atoms in total. The van der Waals surface area contributed by atoms with Gasteiger partial charge in [-0.1, -0.05) is 18.2 Å². The molecule has 3 N–H and O–H groups in total. The Morgan fingerprint density at radius 2 is 2.10 bits per heavy atom. The van der Waals surface area contributed by atoms with Crippen LogP contribution in [-0.4, -0.2) is 45.0 Å². The second-order valence-electron chi connectivity index (χ2n) is 8.62. The molecule has 0 spiro atoms. The average molecular weight is 394 g/mol. The topological polar surface area (TPSA) is 92.3 Å². The van der Waals surface area contributed by atoms with E-state index < -0.39 is 5.60 Å². The van der Waals surface area contributed by atoms with Crippen LogP contribution in [-0.2, 0) is 4.74 Å². The molecule has 1 fully saturated rings. The molecule has 29 heavy (non-hydrogen) atoms. The Balaban J connectivity index is 1.48. The second-order valence-corrected chi connectivity index (χ2v) is 8.62. The first-order chi connectivity index (χ1) is 14.0. The van der Waals surface area contributed by atoms with Crippen molar-refractivity contribution >= 4 is 16.9 Å². The van der Waals surface area contributed by atoms with Crippen LogP contribution in [0.1, 0.15) is 49.9 Å². The Labute approximate surface area is 169 Å². The molecule has 2 unspecified atom stereocenters. The lowest BCUT2D eigenvalue weighted by molar-refractivity contribution is -0.0746. The fraction of sp³-hybridized carbons (Fsp3) is 0.455. The van der Waals surface area contributed by atoms with E-state index in [0.717, 1.165) is 28.2 Å². The zero-order chi connectivity index (χ0) is 20.0. The molecular formula is C22H26N4O3. The Hall–Kier alpha value is -2.64. The van der Waals surface area contributed by atoms with Crippen LogP contribution in [0.25, 0.3) is 11.0 Å². The fourth-order valence-electron chi connectivity index (χ4n) is 3.80. The summed E-state index contributed by atoms with van der Waals surface area (Å²) in [6, 6.07) is 9.97. The van der Waals surface area contributed by atoms with Crippen LogP contribution in [0, 0.1) is 0 Å². The third-order valence-corrected chi connectivity index (χ3v) is 5.44. The minimum absolute atomic E-state index is 0.153. The van der Waals surface area contributed by atoms with E-state index in [1.807, 2.05) is 24.3 Å². The number of nitrogens with zero attached hydrogens (tertiary/aromatic N) is 2. The highest BCUT2D eigenvalue weighted by Gasteiger charge is 2.34. The molecule has 2 aromatic heterocycles. The van der Waals surface area contributed by atoms with E-state index in [2.05, 4.69) is 26.3 Å². The number of nitrogens with one attached hydrogen (secondary N) is 2. The molecule has 7 heteroatoms. The molecule has 3 heterocycles. The Kier molecular flexibility index (Phi) is 4.44. The third-order valence-electron chi connectivity index (χ3n) is 5.44. The van der Waals surface area contributed by atoms with Gasteiger partial charge in [0, 0.05) is 11.3 Å². The van der Waals surface area contributed by atoms with E-state index in [9.17, 15) is 5.11 Å². The molecule has 3 aromatic rings. The maximum Gasteiger partial charge on any atom is 0.143 e. The standard InChI is InChI=1S/C22H26N4O3/c1-22(2,27)11-29-18-10-28-17-6-4-3-5-14(17)19(18)26-21-15-9-16(13-7-8-13)25-20(15)23-12-24-21/h3-6,9,12-13,18-19,27H,7-8,10-11H2,1-2H3,(H2,23,24,25,26). The van der Waals surface area contributed by atoms with Crippen molar-refractivity contribution in [3.8, 4) is 5.75 Å². The number of aromatic nitrogens is 3. The van der Waals surface area contributed by atoms with Crippen molar-refractivity contribution in [1.29, 1.82) is 0 Å². The van der Waals surface area contributed by atoms with Gasteiger partial charge in [0.25, 0.3) is 0 Å². The lowest BCUT2D eigenvalue weighted by Crippen LogP contribution is -2.40. The highest BCUT2D eigenvalue weighted by atomic mass is 16.5. The van der Waals surface area contributed by atoms with Crippen LogP contribution in [0.4, 0.5) is 5.82 Å². The molecule has 1 aliphatic carbocycles. The number of aliphatic hydroxyl groups is 1. The molecule has 152 valence electrons. The quantitative estimate of drug-likeness (QED) is 0.592. The van der Waals surface area contributed by atoms with E-state index in [0.29, 0.717) is 12.5 Å². The van der Waals surface area contributed by atoms with Crippen LogP contribution in [0.5, 0.6) is 5.75 Å². The van der Waals surface area contributed by atoms with Gasteiger partial charge in [-0.05, 0) is 44.7 Å². The largest absolute Gasteiger partial charge is 0.490 e. The number of aromatic amines is 1. The van der Waals surface area contributed by atoms with Gasteiger partial charge in [-0.3, -0.25) is 0 Å². The predicted molar refractivity (Wildman–Crippen MR) is 110 cm³/mol. The summed E-state index contributed by atoms with van der Waals surface area (Å²) in [6.07, 6.45) is 3.77. The summed E-state index contributed by atoms with van der Waals surface area (Å²) in [5.74, 6) is 2.23. The molecule has 2 atom stereocenters. The fourth-order valence-corrected chi connectivity index (χ4v) is 3.80. The van der Waals surface area contributed by atoms with E-state index in [-0.39, 0.29) is 18.8 Å². The van der Waals surface area contributed by atoms with Crippen LogP contribution < -0.4 is 10.1 Å². The maximum atomic E-state index is 10.1. The smallest absolute Gasteiger partial charge is 0.143 e. The summed E-state index contributed by atoms with van der Waals surface area (Å²) in [5.41, 5.74) is 2.18. The van der Waals surface area contributed by atoms with Gasteiger partial charge in [-0.15, -0.1) is 0 Å². The predicted octanol–water partition coefficient (Wildman–Crippen LogP) is 3.54. The molecule has 0 saturated heterocycles. The van der Waals surface area contributed by atoms with Gasteiger partial charge >= 0.3 is 0 Å². The van der Waals surface area contributed by atoms with Gasteiger partial charge < -0.3 is 24.9 Å². The Morgan fingerprint density at radius 1 is 1.28 bits per heavy atom. The molecule has 0 bridgehead atoms. The van der Waals surface area contributed by atoms with E-state index >= 15 is 0 Å². The molecule has 1 aliphatic heterocycles. The van der Waals surface area contributed by atoms with E-state index in [4.69, 9.17) is 9.47 Å². The van der Waals surface area contributed by atoms with Crippen molar-refractivity contribution in [2.24, 2.45) is 0 Å². The lowest BCUT2D eigenvalue weighted by atomic mass is 9.97. The molecular weight excluding hydrogens is 368 g/mol. The number of rotatable bonds is 6. The average Bonchev–Trinajstić information content (AvgIpc) is 3.45. The highest BCUT2D eigenvalue weighted by molar-refractivity contribution is 5.88. The zero-order valence-corrected chi connectivity index (χ0v) is 16.7. The van der Waals surface area contributed by atoms with E-state index in [1.165, 1.54) is 18.5 Å².